The molecule has 1 rings (SSSR count). The average Bonchev–Trinajstić information content (AvgIpc) is 2.69. The first-order valence-corrected chi connectivity index (χ1v) is 6.73. The van der Waals surface area contributed by atoms with Crippen molar-refractivity contribution in [2.45, 2.75) is 26.3 Å². The Morgan fingerprint density at radius 1 is 1.61 bits per heavy atom. The lowest BCUT2D eigenvalue weighted by atomic mass is 10.2. The Balaban J connectivity index is 2.52. The molecule has 7 heteroatoms. The summed E-state index contributed by atoms with van der Waals surface area (Å²) in [6.07, 6.45) is 1.11. The summed E-state index contributed by atoms with van der Waals surface area (Å²) in [5.41, 5.74) is 11.1. The highest BCUT2D eigenvalue weighted by Crippen LogP contribution is 2.25. The number of nitrogens with two attached hydrogens (primary N) is 2. The summed E-state index contributed by atoms with van der Waals surface area (Å²) in [5.74, 6) is -0.343. The number of aromatic nitrogens is 1. The lowest BCUT2D eigenvalue weighted by Crippen LogP contribution is -2.32. The van der Waals surface area contributed by atoms with Crippen molar-refractivity contribution in [2.75, 3.05) is 31.2 Å². The van der Waals surface area contributed by atoms with Gasteiger partial charge in [0.05, 0.1) is 0 Å². The molecule has 1 aromatic heterocycles. The monoisotopic (exact) mass is 271 g/mol. The summed E-state index contributed by atoms with van der Waals surface area (Å²) >= 11 is 1.16. The quantitative estimate of drug-likeness (QED) is 0.686. The van der Waals surface area contributed by atoms with E-state index in [-0.39, 0.29) is 5.82 Å². The van der Waals surface area contributed by atoms with Crippen molar-refractivity contribution in [1.29, 1.82) is 0 Å². The highest BCUT2D eigenvalue weighted by Gasteiger charge is 2.16. The molecule has 0 radical (unpaired) electrons. The van der Waals surface area contributed by atoms with Crippen LogP contribution >= 0.6 is 11.5 Å². The normalized spacial score (nSPS) is 12.7. The average molecular weight is 271 g/mol. The predicted molar refractivity (Wildman–Crippen MR) is 75.9 cm³/mol. The second-order valence-electron chi connectivity index (χ2n) is 4.30. The van der Waals surface area contributed by atoms with E-state index < -0.39 is 5.91 Å². The van der Waals surface area contributed by atoms with Gasteiger partial charge in [-0.2, -0.15) is 4.37 Å². The van der Waals surface area contributed by atoms with Gasteiger partial charge >= 0.3 is 0 Å². The maximum atomic E-state index is 11.2. The van der Waals surface area contributed by atoms with Crippen LogP contribution in [0.15, 0.2) is 0 Å². The third-order valence-corrected chi connectivity index (χ3v) is 3.88. The van der Waals surface area contributed by atoms with Gasteiger partial charge in [0.25, 0.3) is 5.91 Å². The van der Waals surface area contributed by atoms with E-state index in [0.717, 1.165) is 31.0 Å². The van der Waals surface area contributed by atoms with Gasteiger partial charge < -0.3 is 21.7 Å². The minimum Gasteiger partial charge on any atom is -0.382 e. The number of nitrogens with zero attached hydrogens (tertiary/aromatic N) is 2. The first kappa shape index (κ1) is 14.7. The minimum absolute atomic E-state index is 0.199. The zero-order chi connectivity index (χ0) is 13.7. The number of carbonyl (C=O) groups excluding carboxylic acids is 1. The van der Waals surface area contributed by atoms with Gasteiger partial charge in [-0.25, -0.2) is 0 Å². The van der Waals surface area contributed by atoms with Crippen LogP contribution in [0.2, 0.25) is 0 Å². The Bertz CT molecular complexity index is 406. The zero-order valence-corrected chi connectivity index (χ0v) is 11.9. The van der Waals surface area contributed by atoms with Gasteiger partial charge in [-0.3, -0.25) is 4.79 Å². The molecule has 1 atom stereocenters. The van der Waals surface area contributed by atoms with Crippen molar-refractivity contribution >= 4 is 28.3 Å². The number of hydrogen-bond donors (Lipinski definition) is 3. The summed E-state index contributed by atoms with van der Waals surface area (Å²) in [4.78, 5) is 13.5. The second-order valence-corrected chi connectivity index (χ2v) is 5.07. The van der Waals surface area contributed by atoms with Gasteiger partial charge in [0.2, 0.25) is 0 Å². The molecule has 18 heavy (non-hydrogen) atoms. The van der Waals surface area contributed by atoms with Crippen molar-refractivity contribution in [3.05, 3.63) is 5.56 Å². The number of nitrogens with one attached hydrogen (secondary N) is 1. The van der Waals surface area contributed by atoms with Gasteiger partial charge in [0, 0.05) is 19.1 Å². The molecule has 1 amide bonds. The summed E-state index contributed by atoms with van der Waals surface area (Å²) < 4.78 is 3.93. The number of hydrogen-bond acceptors (Lipinski definition) is 6. The fourth-order valence-corrected chi connectivity index (χ4v) is 2.28. The maximum absolute atomic E-state index is 11.2. The maximum Gasteiger partial charge on any atom is 0.255 e. The number of nitrogen functional groups attached to an aromatic ring is 1. The van der Waals surface area contributed by atoms with Crippen molar-refractivity contribution < 1.29 is 4.79 Å². The molecular formula is C11H21N5OS. The van der Waals surface area contributed by atoms with Crippen LogP contribution in [-0.2, 0) is 0 Å². The van der Waals surface area contributed by atoms with Crippen LogP contribution in [0.25, 0.3) is 0 Å². The number of likely N-dealkylation sites (N-methyl/N-ethyl adjacent to an activating group) is 1. The molecule has 6 nitrogen and oxygen atoms in total. The largest absolute Gasteiger partial charge is 0.382 e. The lowest BCUT2D eigenvalue weighted by molar-refractivity contribution is 0.100. The Morgan fingerprint density at radius 3 is 2.83 bits per heavy atom. The van der Waals surface area contributed by atoms with Gasteiger partial charge in [-0.1, -0.05) is 6.92 Å². The molecule has 0 aliphatic rings. The molecule has 0 fully saturated rings. The van der Waals surface area contributed by atoms with Crippen LogP contribution in [0.5, 0.6) is 0 Å². The van der Waals surface area contributed by atoms with Gasteiger partial charge in [-0.15, -0.1) is 0 Å². The van der Waals surface area contributed by atoms with E-state index >= 15 is 0 Å². The molecule has 1 heterocycles. The molecule has 0 aliphatic heterocycles. The molecule has 0 spiro atoms. The van der Waals surface area contributed by atoms with E-state index in [1.54, 1.807) is 0 Å². The predicted octanol–water partition coefficient (Wildman–Crippen LogP) is 0.966. The second kappa shape index (κ2) is 6.55. The van der Waals surface area contributed by atoms with E-state index in [9.17, 15) is 4.79 Å². The Labute approximate surface area is 112 Å². The zero-order valence-electron chi connectivity index (χ0n) is 11.1. The first-order valence-electron chi connectivity index (χ1n) is 5.96. The molecule has 0 aliphatic carbocycles. The van der Waals surface area contributed by atoms with Crippen molar-refractivity contribution in [2.24, 2.45) is 5.73 Å². The molecular weight excluding hydrogens is 250 g/mol. The van der Waals surface area contributed by atoms with Crippen molar-refractivity contribution in [3.8, 4) is 0 Å². The standard InChI is InChI=1S/C11H21N5OS/c1-4-7(2)16(3)6-5-14-11-8(10(13)17)9(12)15-18-11/h7,14H,4-6H2,1-3H3,(H2,12,15)(H2,13,17). The van der Waals surface area contributed by atoms with Crippen LogP contribution < -0.4 is 16.8 Å². The number of rotatable bonds is 7. The van der Waals surface area contributed by atoms with E-state index in [4.69, 9.17) is 11.5 Å². The van der Waals surface area contributed by atoms with Crippen LogP contribution in [0.3, 0.4) is 0 Å². The van der Waals surface area contributed by atoms with Crippen molar-refractivity contribution in [1.82, 2.24) is 9.27 Å². The molecule has 0 aromatic carbocycles. The number of carbonyl (C=O) groups is 1. The SMILES string of the molecule is CCC(C)N(C)CCNc1snc(N)c1C(N)=O. The highest BCUT2D eigenvalue weighted by atomic mass is 32.1. The number of anilines is 2. The van der Waals surface area contributed by atoms with E-state index in [1.807, 2.05) is 0 Å². The molecule has 0 saturated carbocycles. The van der Waals surface area contributed by atoms with Crippen LogP contribution in [-0.4, -0.2) is 41.4 Å². The Morgan fingerprint density at radius 2 is 2.28 bits per heavy atom. The summed E-state index contributed by atoms with van der Waals surface area (Å²) in [7, 11) is 2.08. The van der Waals surface area contributed by atoms with E-state index in [2.05, 4.69) is 35.5 Å². The van der Waals surface area contributed by atoms with Crippen LogP contribution in [0, 0.1) is 0 Å². The summed E-state index contributed by atoms with van der Waals surface area (Å²) in [5, 5.41) is 3.81. The van der Waals surface area contributed by atoms with Gasteiger partial charge in [0.1, 0.15) is 10.6 Å². The third kappa shape index (κ3) is 3.58. The van der Waals surface area contributed by atoms with Crippen LogP contribution in [0.4, 0.5) is 10.8 Å². The lowest BCUT2D eigenvalue weighted by Gasteiger charge is -2.23. The van der Waals surface area contributed by atoms with Gasteiger partial charge in [0.15, 0.2) is 5.82 Å². The highest BCUT2D eigenvalue weighted by molar-refractivity contribution is 7.11. The number of amides is 1. The molecule has 0 saturated heterocycles. The van der Waals surface area contributed by atoms with Crippen molar-refractivity contribution in [3.63, 3.8) is 0 Å². The van der Waals surface area contributed by atoms with Crippen LogP contribution in [0.1, 0.15) is 30.6 Å². The fourth-order valence-electron chi connectivity index (χ4n) is 1.54. The smallest absolute Gasteiger partial charge is 0.255 e. The number of primary amides is 1. The first-order chi connectivity index (χ1) is 8.47. The van der Waals surface area contributed by atoms with E-state index in [1.165, 1.54) is 0 Å². The fraction of sp³-hybridized carbons (Fsp3) is 0.636. The Kier molecular flexibility index (Phi) is 5.36. The summed E-state index contributed by atoms with van der Waals surface area (Å²) in [6.45, 7) is 5.94. The molecule has 1 unspecified atom stereocenters. The summed E-state index contributed by atoms with van der Waals surface area (Å²) in [6, 6.07) is 0.536. The minimum atomic E-state index is -0.543. The molecule has 5 N–H and O–H groups in total. The topological polar surface area (TPSA) is 97.3 Å². The molecule has 102 valence electrons. The van der Waals surface area contributed by atoms with E-state index in [0.29, 0.717) is 16.6 Å². The third-order valence-electron chi connectivity index (χ3n) is 3.06. The molecule has 0 bridgehead atoms. The molecule has 1 aromatic rings. The Hall–Kier alpha value is -1.34. The van der Waals surface area contributed by atoms with Gasteiger partial charge in [-0.05, 0) is 31.9 Å².